The highest BCUT2D eigenvalue weighted by atomic mass is 31.2. The van der Waals surface area contributed by atoms with Crippen molar-refractivity contribution in [3.63, 3.8) is 0 Å². The summed E-state index contributed by atoms with van der Waals surface area (Å²) in [4.78, 5) is 10.1. The van der Waals surface area contributed by atoms with Gasteiger partial charge in [-0.3, -0.25) is 4.57 Å². The van der Waals surface area contributed by atoms with Gasteiger partial charge >= 0.3 is 7.60 Å². The molecule has 18 heavy (non-hydrogen) atoms. The van der Waals surface area contributed by atoms with Crippen LogP contribution in [0.5, 0.6) is 0 Å². The summed E-state index contributed by atoms with van der Waals surface area (Å²) < 4.78 is 18.3. The Morgan fingerprint density at radius 3 is 2.61 bits per heavy atom. The summed E-state index contributed by atoms with van der Waals surface area (Å²) in [5.74, 6) is 0. The molecule has 1 rings (SSSR count). The lowest BCUT2D eigenvalue weighted by atomic mass is 10.1. The van der Waals surface area contributed by atoms with E-state index in [4.69, 9.17) is 4.52 Å². The molecule has 1 aliphatic carbocycles. The molecule has 0 saturated carbocycles. The molecule has 2 atom stereocenters. The van der Waals surface area contributed by atoms with E-state index in [9.17, 15) is 9.46 Å². The average Bonchev–Trinajstić information content (AvgIpc) is 2.12. The van der Waals surface area contributed by atoms with Crippen LogP contribution in [-0.4, -0.2) is 49.3 Å². The number of hydrogen-bond acceptors (Lipinski definition) is 2. The maximum Gasteiger partial charge on any atom is 0.331 e. The van der Waals surface area contributed by atoms with Crippen LogP contribution in [-0.2, 0) is 9.09 Å². The third-order valence-corrected chi connectivity index (χ3v) is 5.23. The number of nitrogens with zero attached hydrogens (tertiary/aromatic N) is 1. The lowest BCUT2D eigenvalue weighted by molar-refractivity contribution is -0.870. The van der Waals surface area contributed by atoms with Gasteiger partial charge in [-0.25, -0.2) is 0 Å². The Bertz CT molecular complexity index is 323. The van der Waals surface area contributed by atoms with E-state index >= 15 is 0 Å². The van der Waals surface area contributed by atoms with Crippen LogP contribution in [0, 0.1) is 0 Å². The molecular formula is C13H27NO3P+. The first kappa shape index (κ1) is 15.9. The molecule has 106 valence electrons. The lowest BCUT2D eigenvalue weighted by Crippen LogP contribution is -2.37. The zero-order valence-corrected chi connectivity index (χ0v) is 12.7. The van der Waals surface area contributed by atoms with Crippen LogP contribution in [0.4, 0.5) is 0 Å². The molecule has 1 aliphatic rings. The zero-order chi connectivity index (χ0) is 13.6. The van der Waals surface area contributed by atoms with Gasteiger partial charge in [0.1, 0.15) is 13.2 Å². The molecule has 0 aliphatic heterocycles. The minimum absolute atomic E-state index is 0.185. The van der Waals surface area contributed by atoms with Gasteiger partial charge in [-0.05, 0) is 32.1 Å². The summed E-state index contributed by atoms with van der Waals surface area (Å²) in [7, 11) is 2.70. The minimum atomic E-state index is -3.44. The highest BCUT2D eigenvalue weighted by Gasteiger charge is 2.32. The van der Waals surface area contributed by atoms with Crippen LogP contribution in [0.15, 0.2) is 12.2 Å². The molecule has 1 N–H and O–H groups in total. The van der Waals surface area contributed by atoms with E-state index in [1.807, 2.05) is 21.1 Å². The third kappa shape index (κ3) is 6.14. The van der Waals surface area contributed by atoms with Crippen LogP contribution in [0.1, 0.15) is 32.1 Å². The fourth-order valence-corrected chi connectivity index (χ4v) is 3.56. The molecule has 0 aromatic carbocycles. The molecule has 4 nitrogen and oxygen atoms in total. The van der Waals surface area contributed by atoms with Gasteiger partial charge in [0, 0.05) is 0 Å². The van der Waals surface area contributed by atoms with Crippen molar-refractivity contribution in [1.82, 2.24) is 0 Å². The van der Waals surface area contributed by atoms with Crippen molar-refractivity contribution in [2.75, 3.05) is 34.3 Å². The van der Waals surface area contributed by atoms with Gasteiger partial charge in [0.05, 0.1) is 26.8 Å². The molecule has 0 aromatic rings. The number of likely N-dealkylation sites (N-methyl/N-ethyl adjacent to an activating group) is 1. The second-order valence-corrected chi connectivity index (χ2v) is 8.16. The maximum atomic E-state index is 12.2. The van der Waals surface area contributed by atoms with Gasteiger partial charge < -0.3 is 13.9 Å². The van der Waals surface area contributed by atoms with E-state index in [1.54, 1.807) is 0 Å². The predicted molar refractivity (Wildman–Crippen MR) is 74.7 cm³/mol. The maximum absolute atomic E-state index is 12.2. The summed E-state index contributed by atoms with van der Waals surface area (Å²) >= 11 is 0. The predicted octanol–water partition coefficient (Wildman–Crippen LogP) is 2.78. The highest BCUT2D eigenvalue weighted by Crippen LogP contribution is 2.51. The third-order valence-electron chi connectivity index (χ3n) is 3.24. The zero-order valence-electron chi connectivity index (χ0n) is 11.8. The monoisotopic (exact) mass is 276 g/mol. The smallest absolute Gasteiger partial charge is 0.329 e. The molecule has 2 unspecified atom stereocenters. The first-order valence-electron chi connectivity index (χ1n) is 6.74. The Morgan fingerprint density at radius 2 is 1.94 bits per heavy atom. The second kappa shape index (κ2) is 6.85. The minimum Gasteiger partial charge on any atom is -0.329 e. The summed E-state index contributed by atoms with van der Waals surface area (Å²) in [6, 6.07) is 0. The van der Waals surface area contributed by atoms with Gasteiger partial charge in [0.15, 0.2) is 0 Å². The van der Waals surface area contributed by atoms with Gasteiger partial charge in [-0.1, -0.05) is 12.2 Å². The molecule has 0 radical (unpaired) electrons. The SMILES string of the molecule is C[N+](C)(C)CCOP(=O)(O)C1CC/C=C\CCC1. The van der Waals surface area contributed by atoms with Crippen LogP contribution >= 0.6 is 7.60 Å². The summed E-state index contributed by atoms with van der Waals surface area (Å²) in [5.41, 5.74) is -0.185. The van der Waals surface area contributed by atoms with E-state index in [0.717, 1.165) is 43.1 Å². The van der Waals surface area contributed by atoms with Crippen molar-refractivity contribution >= 4 is 7.60 Å². The Hall–Kier alpha value is -0.150. The highest BCUT2D eigenvalue weighted by molar-refractivity contribution is 7.53. The first-order chi connectivity index (χ1) is 8.31. The molecular weight excluding hydrogens is 249 g/mol. The fraction of sp³-hybridized carbons (Fsp3) is 0.846. The molecule has 0 bridgehead atoms. The number of rotatable bonds is 5. The molecule has 0 aromatic heterocycles. The molecule has 0 amide bonds. The Kier molecular flexibility index (Phi) is 6.06. The Morgan fingerprint density at radius 1 is 1.28 bits per heavy atom. The van der Waals surface area contributed by atoms with Gasteiger partial charge in [0.25, 0.3) is 0 Å². The Balaban J connectivity index is 2.45. The van der Waals surface area contributed by atoms with E-state index < -0.39 is 7.60 Å². The van der Waals surface area contributed by atoms with Crippen LogP contribution in [0.25, 0.3) is 0 Å². The van der Waals surface area contributed by atoms with Crippen molar-refractivity contribution in [3.8, 4) is 0 Å². The molecule has 0 spiro atoms. The number of allylic oxidation sites excluding steroid dienone is 2. The van der Waals surface area contributed by atoms with E-state index in [2.05, 4.69) is 12.2 Å². The largest absolute Gasteiger partial charge is 0.331 e. The average molecular weight is 276 g/mol. The van der Waals surface area contributed by atoms with Crippen molar-refractivity contribution in [1.29, 1.82) is 0 Å². The van der Waals surface area contributed by atoms with Gasteiger partial charge in [-0.15, -0.1) is 0 Å². The standard InChI is InChI=1S/C13H26NO3P/c1-14(2,3)11-12-17-18(15,16)13-9-7-5-4-6-8-10-13/h4-5,13H,6-12H2,1-3H3/p+1/b5-4-. The van der Waals surface area contributed by atoms with Crippen molar-refractivity contribution in [2.24, 2.45) is 0 Å². The quantitative estimate of drug-likeness (QED) is 0.477. The van der Waals surface area contributed by atoms with E-state index in [1.165, 1.54) is 0 Å². The van der Waals surface area contributed by atoms with Crippen molar-refractivity contribution in [2.45, 2.75) is 37.8 Å². The molecule has 0 heterocycles. The topological polar surface area (TPSA) is 46.5 Å². The van der Waals surface area contributed by atoms with Crippen LogP contribution < -0.4 is 0 Å². The van der Waals surface area contributed by atoms with Crippen molar-refractivity contribution < 1.29 is 18.5 Å². The molecule has 0 fully saturated rings. The van der Waals surface area contributed by atoms with Crippen LogP contribution in [0.3, 0.4) is 0 Å². The normalized spacial score (nSPS) is 27.0. The summed E-state index contributed by atoms with van der Waals surface area (Å²) in [5, 5.41) is 0. The number of quaternary nitrogens is 1. The Labute approximate surface area is 111 Å². The summed E-state index contributed by atoms with van der Waals surface area (Å²) in [6.07, 6.45) is 8.69. The first-order valence-corrected chi connectivity index (χ1v) is 8.38. The number of hydrogen-bond donors (Lipinski definition) is 1. The van der Waals surface area contributed by atoms with Crippen LogP contribution in [0.2, 0.25) is 0 Å². The van der Waals surface area contributed by atoms with E-state index in [-0.39, 0.29) is 5.66 Å². The molecule has 0 saturated heterocycles. The second-order valence-electron chi connectivity index (χ2n) is 6.04. The van der Waals surface area contributed by atoms with E-state index in [0.29, 0.717) is 6.61 Å². The summed E-state index contributed by atoms with van der Waals surface area (Å²) in [6.45, 7) is 1.10. The lowest BCUT2D eigenvalue weighted by Gasteiger charge is -2.26. The van der Waals surface area contributed by atoms with Gasteiger partial charge in [0.2, 0.25) is 0 Å². The van der Waals surface area contributed by atoms with Gasteiger partial charge in [-0.2, -0.15) is 0 Å². The van der Waals surface area contributed by atoms with Crippen molar-refractivity contribution in [3.05, 3.63) is 12.2 Å². The molecule has 5 heteroatoms. The fourth-order valence-electron chi connectivity index (χ4n) is 2.02.